The van der Waals surface area contributed by atoms with Crippen molar-refractivity contribution in [1.82, 2.24) is 15.0 Å². The van der Waals surface area contributed by atoms with Crippen LogP contribution in [-0.2, 0) is 4.74 Å². The van der Waals surface area contributed by atoms with Crippen LogP contribution < -0.4 is 5.73 Å². The van der Waals surface area contributed by atoms with Crippen molar-refractivity contribution in [3.63, 3.8) is 0 Å². The number of methoxy groups -OCH3 is 1. The summed E-state index contributed by atoms with van der Waals surface area (Å²) in [5.41, 5.74) is 9.88. The molecule has 5 nitrogen and oxygen atoms in total. The average Bonchev–Trinajstić information content (AvgIpc) is 3.01. The lowest BCUT2D eigenvalue weighted by atomic mass is 9.90. The Morgan fingerprint density at radius 3 is 3.00 bits per heavy atom. The number of nitrogens with one attached hydrogen (secondary N) is 1. The second kappa shape index (κ2) is 6.32. The van der Waals surface area contributed by atoms with Crippen molar-refractivity contribution in [2.45, 2.75) is 32.1 Å². The third kappa shape index (κ3) is 2.52. The Morgan fingerprint density at radius 1 is 1.36 bits per heavy atom. The first-order valence-electron chi connectivity index (χ1n) is 7.76. The van der Waals surface area contributed by atoms with Gasteiger partial charge in [0.25, 0.3) is 0 Å². The Morgan fingerprint density at radius 2 is 2.23 bits per heavy atom. The minimum atomic E-state index is 0.346. The zero-order valence-electron chi connectivity index (χ0n) is 13.1. The molecule has 3 N–H and O–H groups in total. The summed E-state index contributed by atoms with van der Waals surface area (Å²) >= 11 is 0. The van der Waals surface area contributed by atoms with E-state index in [4.69, 9.17) is 10.5 Å². The highest BCUT2D eigenvalue weighted by molar-refractivity contribution is 6.07. The molecule has 1 unspecified atom stereocenters. The molecule has 3 aromatic rings. The van der Waals surface area contributed by atoms with Gasteiger partial charge in [-0.25, -0.2) is 9.97 Å². The smallest absolute Gasteiger partial charge is 0.150 e. The number of pyridine rings is 1. The fourth-order valence-electron chi connectivity index (χ4n) is 3.09. The number of anilines is 1. The Labute approximate surface area is 129 Å². The summed E-state index contributed by atoms with van der Waals surface area (Å²) in [6.07, 6.45) is 5.13. The van der Waals surface area contributed by atoms with Gasteiger partial charge in [0.05, 0.1) is 18.5 Å². The maximum Gasteiger partial charge on any atom is 0.150 e. The van der Waals surface area contributed by atoms with Gasteiger partial charge in [-0.2, -0.15) is 0 Å². The molecule has 5 heteroatoms. The number of H-pyrrole nitrogens is 1. The van der Waals surface area contributed by atoms with Crippen molar-refractivity contribution in [2.24, 2.45) is 0 Å². The van der Waals surface area contributed by atoms with Gasteiger partial charge in [0, 0.05) is 18.4 Å². The minimum Gasteiger partial charge on any atom is -0.384 e. The highest BCUT2D eigenvalue weighted by atomic mass is 16.5. The summed E-state index contributed by atoms with van der Waals surface area (Å²) in [5.74, 6) is 0.841. The minimum absolute atomic E-state index is 0.346. The molecule has 0 aliphatic heterocycles. The van der Waals surface area contributed by atoms with Crippen molar-refractivity contribution in [1.29, 1.82) is 0 Å². The van der Waals surface area contributed by atoms with Crippen molar-refractivity contribution < 1.29 is 4.74 Å². The normalized spacial score (nSPS) is 13.0. The molecule has 0 spiro atoms. The third-order valence-corrected chi connectivity index (χ3v) is 4.16. The fourth-order valence-corrected chi connectivity index (χ4v) is 3.09. The van der Waals surface area contributed by atoms with E-state index in [0.717, 1.165) is 28.4 Å². The Hall–Kier alpha value is -2.14. The van der Waals surface area contributed by atoms with Crippen LogP contribution in [0.1, 0.15) is 37.7 Å². The molecule has 1 atom stereocenters. The highest BCUT2D eigenvalue weighted by Crippen LogP contribution is 2.34. The lowest BCUT2D eigenvalue weighted by Crippen LogP contribution is -2.08. The molecule has 3 rings (SSSR count). The highest BCUT2D eigenvalue weighted by Gasteiger charge is 2.18. The molecule has 0 saturated heterocycles. The number of fused-ring (bicyclic) bond motifs is 3. The summed E-state index contributed by atoms with van der Waals surface area (Å²) in [7, 11) is 1.75. The van der Waals surface area contributed by atoms with Crippen LogP contribution in [0.4, 0.5) is 5.82 Å². The van der Waals surface area contributed by atoms with Gasteiger partial charge in [-0.05, 0) is 18.1 Å². The van der Waals surface area contributed by atoms with E-state index in [1.165, 1.54) is 18.4 Å². The van der Waals surface area contributed by atoms with E-state index in [1.54, 1.807) is 13.4 Å². The van der Waals surface area contributed by atoms with E-state index in [1.807, 2.05) is 12.1 Å². The molecular formula is C17H22N4O. The van der Waals surface area contributed by atoms with E-state index in [9.17, 15) is 0 Å². The third-order valence-electron chi connectivity index (χ3n) is 4.16. The molecule has 116 valence electrons. The van der Waals surface area contributed by atoms with Crippen LogP contribution in [0.2, 0.25) is 0 Å². The number of rotatable bonds is 6. The summed E-state index contributed by atoms with van der Waals surface area (Å²) in [6, 6.07) is 6.19. The molecule has 0 bridgehead atoms. The van der Waals surface area contributed by atoms with Crippen molar-refractivity contribution >= 4 is 27.8 Å². The molecule has 0 radical (unpaired) electrons. The molecule has 22 heavy (non-hydrogen) atoms. The molecule has 0 fully saturated rings. The maximum absolute atomic E-state index is 6.02. The van der Waals surface area contributed by atoms with E-state index in [0.29, 0.717) is 18.3 Å². The number of aromatic nitrogens is 3. The topological polar surface area (TPSA) is 76.8 Å². The first-order chi connectivity index (χ1) is 10.8. The van der Waals surface area contributed by atoms with Crippen LogP contribution in [0.5, 0.6) is 0 Å². The number of imidazole rings is 1. The van der Waals surface area contributed by atoms with Gasteiger partial charge in [-0.15, -0.1) is 0 Å². The number of unbranched alkanes of at least 4 members (excludes halogenated alkanes) is 1. The second-order valence-corrected chi connectivity index (χ2v) is 5.66. The molecule has 2 heterocycles. The molecule has 0 aliphatic carbocycles. The number of nitrogens with two attached hydrogens (primary N) is 1. The molecule has 2 aromatic heterocycles. The monoisotopic (exact) mass is 298 g/mol. The Kier molecular flexibility index (Phi) is 4.24. The predicted molar refractivity (Wildman–Crippen MR) is 89.9 cm³/mol. The Bertz CT molecular complexity index is 781. The van der Waals surface area contributed by atoms with Crippen molar-refractivity contribution in [3.8, 4) is 0 Å². The zero-order chi connectivity index (χ0) is 15.5. The van der Waals surface area contributed by atoms with Gasteiger partial charge in [-0.3, -0.25) is 0 Å². The summed E-state index contributed by atoms with van der Waals surface area (Å²) in [5, 5.41) is 1.09. The number of nitrogens with zero attached hydrogens (tertiary/aromatic N) is 2. The number of benzene rings is 1. The number of hydrogen-bond acceptors (Lipinski definition) is 4. The largest absolute Gasteiger partial charge is 0.384 e. The number of hydrogen-bond donors (Lipinski definition) is 2. The first-order valence-corrected chi connectivity index (χ1v) is 7.76. The predicted octanol–water partition coefficient (Wildman–Crippen LogP) is 3.61. The zero-order valence-corrected chi connectivity index (χ0v) is 13.1. The van der Waals surface area contributed by atoms with Crippen LogP contribution in [0.15, 0.2) is 24.5 Å². The van der Waals surface area contributed by atoms with Crippen LogP contribution >= 0.6 is 0 Å². The van der Waals surface area contributed by atoms with Crippen LogP contribution in [0.25, 0.3) is 21.9 Å². The maximum atomic E-state index is 6.02. The van der Waals surface area contributed by atoms with E-state index in [-0.39, 0.29) is 0 Å². The van der Waals surface area contributed by atoms with E-state index in [2.05, 4.69) is 27.9 Å². The average molecular weight is 298 g/mol. The molecule has 0 saturated carbocycles. The second-order valence-electron chi connectivity index (χ2n) is 5.66. The van der Waals surface area contributed by atoms with Crippen LogP contribution in [-0.4, -0.2) is 28.7 Å². The Balaban J connectivity index is 2.21. The summed E-state index contributed by atoms with van der Waals surface area (Å²) in [6.45, 7) is 2.91. The lowest BCUT2D eigenvalue weighted by molar-refractivity contribution is 0.175. The van der Waals surface area contributed by atoms with Crippen LogP contribution in [0, 0.1) is 0 Å². The summed E-state index contributed by atoms with van der Waals surface area (Å²) in [4.78, 5) is 12.1. The van der Waals surface area contributed by atoms with E-state index >= 15 is 0 Å². The molecule has 1 aromatic carbocycles. The van der Waals surface area contributed by atoms with Gasteiger partial charge < -0.3 is 15.5 Å². The van der Waals surface area contributed by atoms with Crippen molar-refractivity contribution in [2.75, 3.05) is 19.5 Å². The van der Waals surface area contributed by atoms with Gasteiger partial charge in [0.1, 0.15) is 16.9 Å². The molecule has 0 amide bonds. The van der Waals surface area contributed by atoms with E-state index < -0.39 is 0 Å². The number of aromatic amines is 1. The SMILES string of the molecule is CCCCC(COC)c1cccc2nc(N)c3[nH]cnc3c12. The standard InChI is InChI=1S/C17H22N4O/c1-3-4-6-11(9-22-2)12-7-5-8-13-14(12)15-16(17(18)21-13)20-10-19-15/h5,7-8,10-11H,3-4,6,9H2,1-2H3,(H2,18,21)(H,19,20). The molecular weight excluding hydrogens is 276 g/mol. The van der Waals surface area contributed by atoms with Gasteiger partial charge in [0.15, 0.2) is 0 Å². The lowest BCUT2D eigenvalue weighted by Gasteiger charge is -2.18. The first kappa shape index (κ1) is 14.8. The number of nitrogen functional groups attached to an aromatic ring is 1. The summed E-state index contributed by atoms with van der Waals surface area (Å²) < 4.78 is 5.45. The van der Waals surface area contributed by atoms with Gasteiger partial charge in [0.2, 0.25) is 0 Å². The number of ether oxygens (including phenoxy) is 1. The van der Waals surface area contributed by atoms with Crippen molar-refractivity contribution in [3.05, 3.63) is 30.1 Å². The van der Waals surface area contributed by atoms with Crippen LogP contribution in [0.3, 0.4) is 0 Å². The molecule has 0 aliphatic rings. The fraction of sp³-hybridized carbons (Fsp3) is 0.412. The van der Waals surface area contributed by atoms with Gasteiger partial charge in [-0.1, -0.05) is 31.9 Å². The van der Waals surface area contributed by atoms with Gasteiger partial charge >= 0.3 is 0 Å². The quantitative estimate of drug-likeness (QED) is 0.728.